The molecule has 0 aromatic carbocycles. The first kappa shape index (κ1) is 15.9. The molecule has 6 nitrogen and oxygen atoms in total. The first-order valence-corrected chi connectivity index (χ1v) is 6.73. The van der Waals surface area contributed by atoms with Crippen LogP contribution in [0.15, 0.2) is 29.4 Å². The summed E-state index contributed by atoms with van der Waals surface area (Å²) in [6.07, 6.45) is 4.58. The zero-order valence-electron chi connectivity index (χ0n) is 11.8. The lowest BCUT2D eigenvalue weighted by Gasteiger charge is -2.05. The first-order valence-electron chi connectivity index (χ1n) is 6.73. The molecule has 0 aliphatic rings. The molecule has 6 heteroatoms. The zero-order chi connectivity index (χ0) is 14.6. The van der Waals surface area contributed by atoms with Crippen molar-refractivity contribution in [2.45, 2.75) is 25.7 Å². The Morgan fingerprint density at radius 1 is 1.45 bits per heavy atom. The molecule has 0 saturated heterocycles. The number of methoxy groups -OCH3 is 1. The maximum Gasteiger partial charge on any atom is 0.305 e. The number of aliphatic imine (C=N–C) groups is 1. The van der Waals surface area contributed by atoms with E-state index in [-0.39, 0.29) is 5.97 Å². The topological polar surface area (TPSA) is 89.6 Å². The number of nitrogens with one attached hydrogen (secondary N) is 1. The first-order chi connectivity index (χ1) is 9.72. The normalized spacial score (nSPS) is 11.2. The predicted octanol–water partition coefficient (Wildman–Crippen LogP) is 0.872. The maximum absolute atomic E-state index is 10.9. The number of nitrogens with zero attached hydrogens (tertiary/aromatic N) is 2. The number of carbonyl (C=O) groups excluding carboxylic acids is 1. The van der Waals surface area contributed by atoms with Gasteiger partial charge in [0.25, 0.3) is 0 Å². The van der Waals surface area contributed by atoms with Crippen molar-refractivity contribution >= 4 is 11.9 Å². The minimum absolute atomic E-state index is 0.185. The Bertz CT molecular complexity index is 420. The van der Waals surface area contributed by atoms with E-state index in [0.29, 0.717) is 25.5 Å². The van der Waals surface area contributed by atoms with Gasteiger partial charge in [0.1, 0.15) is 0 Å². The van der Waals surface area contributed by atoms with Gasteiger partial charge in [0.2, 0.25) is 0 Å². The fourth-order valence-corrected chi connectivity index (χ4v) is 1.60. The highest BCUT2D eigenvalue weighted by molar-refractivity contribution is 5.77. The standard InChI is InChI=1S/C14H22N4O2/c1-20-13(19)7-3-5-10-17-14(15)18-11-8-12-6-2-4-9-16-12/h2,4,6,9H,3,5,7-8,10-11H2,1H3,(H3,15,17,18). The van der Waals surface area contributed by atoms with E-state index < -0.39 is 0 Å². The average Bonchev–Trinajstić information content (AvgIpc) is 2.47. The number of nitrogens with two attached hydrogens (primary N) is 1. The lowest BCUT2D eigenvalue weighted by Crippen LogP contribution is -2.33. The van der Waals surface area contributed by atoms with Gasteiger partial charge in [-0.3, -0.25) is 14.8 Å². The van der Waals surface area contributed by atoms with E-state index in [4.69, 9.17) is 5.73 Å². The minimum atomic E-state index is -0.185. The Morgan fingerprint density at radius 3 is 3.00 bits per heavy atom. The van der Waals surface area contributed by atoms with Crippen LogP contribution < -0.4 is 11.1 Å². The van der Waals surface area contributed by atoms with Gasteiger partial charge in [0.05, 0.1) is 7.11 Å². The molecule has 0 atom stereocenters. The minimum Gasteiger partial charge on any atom is -0.469 e. The lowest BCUT2D eigenvalue weighted by atomic mass is 10.2. The van der Waals surface area contributed by atoms with Gasteiger partial charge in [0, 0.05) is 37.8 Å². The number of aromatic nitrogens is 1. The van der Waals surface area contributed by atoms with Gasteiger partial charge in [-0.15, -0.1) is 0 Å². The van der Waals surface area contributed by atoms with Crippen LogP contribution in [0, 0.1) is 0 Å². The molecule has 0 spiro atoms. The summed E-state index contributed by atoms with van der Waals surface area (Å²) in [6, 6.07) is 5.82. The monoisotopic (exact) mass is 278 g/mol. The summed E-state index contributed by atoms with van der Waals surface area (Å²) in [6.45, 7) is 1.31. The van der Waals surface area contributed by atoms with E-state index in [1.807, 2.05) is 18.2 Å². The summed E-state index contributed by atoms with van der Waals surface area (Å²) in [4.78, 5) is 19.3. The zero-order valence-corrected chi connectivity index (χ0v) is 11.8. The van der Waals surface area contributed by atoms with Gasteiger partial charge < -0.3 is 15.8 Å². The molecule has 1 aromatic heterocycles. The Balaban J connectivity index is 2.08. The average molecular weight is 278 g/mol. The summed E-state index contributed by atoms with van der Waals surface area (Å²) in [7, 11) is 1.39. The fourth-order valence-electron chi connectivity index (χ4n) is 1.60. The highest BCUT2D eigenvalue weighted by Gasteiger charge is 1.99. The highest BCUT2D eigenvalue weighted by Crippen LogP contribution is 1.97. The summed E-state index contributed by atoms with van der Waals surface area (Å²) < 4.78 is 4.56. The number of guanidine groups is 1. The van der Waals surface area contributed by atoms with Gasteiger partial charge in [-0.2, -0.15) is 0 Å². The summed E-state index contributed by atoms with van der Waals surface area (Å²) in [5.41, 5.74) is 6.75. The molecule has 0 radical (unpaired) electrons. The molecule has 1 rings (SSSR count). The van der Waals surface area contributed by atoms with Crippen molar-refractivity contribution in [2.24, 2.45) is 10.7 Å². The second-order valence-corrected chi connectivity index (χ2v) is 4.30. The Morgan fingerprint density at radius 2 is 2.30 bits per heavy atom. The quantitative estimate of drug-likeness (QED) is 0.319. The van der Waals surface area contributed by atoms with Gasteiger partial charge in [-0.05, 0) is 25.0 Å². The molecule has 0 fully saturated rings. The lowest BCUT2D eigenvalue weighted by molar-refractivity contribution is -0.140. The van der Waals surface area contributed by atoms with Crippen LogP contribution in [-0.2, 0) is 16.0 Å². The molecule has 3 N–H and O–H groups in total. The van der Waals surface area contributed by atoms with Crippen LogP contribution in [0.5, 0.6) is 0 Å². The molecular formula is C14H22N4O2. The third-order valence-corrected chi connectivity index (χ3v) is 2.71. The molecule has 20 heavy (non-hydrogen) atoms. The molecule has 0 bridgehead atoms. The van der Waals surface area contributed by atoms with E-state index in [9.17, 15) is 4.79 Å². The number of hydrogen-bond donors (Lipinski definition) is 2. The van der Waals surface area contributed by atoms with Crippen LogP contribution in [0.4, 0.5) is 0 Å². The van der Waals surface area contributed by atoms with E-state index in [1.54, 1.807) is 6.20 Å². The number of rotatable bonds is 8. The number of hydrogen-bond acceptors (Lipinski definition) is 4. The molecule has 0 saturated carbocycles. The van der Waals surface area contributed by atoms with E-state index >= 15 is 0 Å². The van der Waals surface area contributed by atoms with E-state index in [2.05, 4.69) is 20.0 Å². The van der Waals surface area contributed by atoms with Crippen molar-refractivity contribution in [3.8, 4) is 0 Å². The van der Waals surface area contributed by atoms with Gasteiger partial charge >= 0.3 is 5.97 Å². The Hall–Kier alpha value is -2.11. The van der Waals surface area contributed by atoms with E-state index in [0.717, 1.165) is 25.0 Å². The number of unbranched alkanes of at least 4 members (excludes halogenated alkanes) is 1. The van der Waals surface area contributed by atoms with Crippen molar-refractivity contribution in [3.05, 3.63) is 30.1 Å². The molecule has 110 valence electrons. The highest BCUT2D eigenvalue weighted by atomic mass is 16.5. The maximum atomic E-state index is 10.9. The van der Waals surface area contributed by atoms with E-state index in [1.165, 1.54) is 7.11 Å². The number of esters is 1. The summed E-state index contributed by atoms with van der Waals surface area (Å²) in [5, 5.41) is 3.04. The Kier molecular flexibility index (Phi) is 7.79. The third-order valence-electron chi connectivity index (χ3n) is 2.71. The van der Waals surface area contributed by atoms with Crippen molar-refractivity contribution in [1.29, 1.82) is 0 Å². The molecule has 1 heterocycles. The molecule has 0 amide bonds. The number of ether oxygens (including phenoxy) is 1. The van der Waals surface area contributed by atoms with Crippen molar-refractivity contribution in [2.75, 3.05) is 20.2 Å². The molecule has 0 aliphatic heterocycles. The third kappa shape index (κ3) is 7.35. The van der Waals surface area contributed by atoms with Crippen molar-refractivity contribution in [3.63, 3.8) is 0 Å². The van der Waals surface area contributed by atoms with Crippen LogP contribution in [0.1, 0.15) is 25.0 Å². The molecule has 1 aromatic rings. The van der Waals surface area contributed by atoms with Crippen LogP contribution in [0.3, 0.4) is 0 Å². The van der Waals surface area contributed by atoms with Crippen LogP contribution in [-0.4, -0.2) is 37.1 Å². The second-order valence-electron chi connectivity index (χ2n) is 4.30. The molecule has 0 aliphatic carbocycles. The number of carbonyl (C=O) groups is 1. The predicted molar refractivity (Wildman–Crippen MR) is 78.3 cm³/mol. The Labute approximate surface area is 119 Å². The SMILES string of the molecule is COC(=O)CCCCN=C(N)NCCc1ccccn1. The molecule has 0 unspecified atom stereocenters. The largest absolute Gasteiger partial charge is 0.469 e. The van der Waals surface area contributed by atoms with Gasteiger partial charge in [-0.1, -0.05) is 6.07 Å². The summed E-state index contributed by atoms with van der Waals surface area (Å²) in [5.74, 6) is 0.245. The fraction of sp³-hybridized carbons (Fsp3) is 0.500. The van der Waals surface area contributed by atoms with Crippen LogP contribution >= 0.6 is 0 Å². The summed E-state index contributed by atoms with van der Waals surface area (Å²) >= 11 is 0. The van der Waals surface area contributed by atoms with Crippen LogP contribution in [0.25, 0.3) is 0 Å². The van der Waals surface area contributed by atoms with Crippen molar-refractivity contribution in [1.82, 2.24) is 10.3 Å². The second kappa shape index (κ2) is 9.77. The number of pyridine rings is 1. The molecular weight excluding hydrogens is 256 g/mol. The smallest absolute Gasteiger partial charge is 0.305 e. The van der Waals surface area contributed by atoms with Gasteiger partial charge in [0.15, 0.2) is 5.96 Å². The van der Waals surface area contributed by atoms with Crippen LogP contribution in [0.2, 0.25) is 0 Å². The van der Waals surface area contributed by atoms with Gasteiger partial charge in [-0.25, -0.2) is 0 Å². The van der Waals surface area contributed by atoms with Crippen molar-refractivity contribution < 1.29 is 9.53 Å².